The van der Waals surface area contributed by atoms with Crippen LogP contribution in [0, 0.1) is 0 Å². The molecule has 9 heteroatoms. The van der Waals surface area contributed by atoms with Crippen molar-refractivity contribution in [3.8, 4) is 5.69 Å². The van der Waals surface area contributed by atoms with Gasteiger partial charge in [0.2, 0.25) is 11.9 Å². The summed E-state index contributed by atoms with van der Waals surface area (Å²) in [6, 6.07) is 14.0. The molecule has 0 fully saturated rings. The molecule has 1 atom stereocenters. The van der Waals surface area contributed by atoms with Crippen molar-refractivity contribution >= 4 is 41.1 Å². The van der Waals surface area contributed by atoms with E-state index >= 15 is 0 Å². The smallest absolute Gasteiger partial charge is 0.355 e. The van der Waals surface area contributed by atoms with Gasteiger partial charge in [0.15, 0.2) is 0 Å². The number of benzene rings is 2. The molecule has 2 aromatic carbocycles. The second-order valence-corrected chi connectivity index (χ2v) is 6.64. The number of esters is 1. The van der Waals surface area contributed by atoms with E-state index in [9.17, 15) is 4.79 Å². The van der Waals surface area contributed by atoms with Gasteiger partial charge < -0.3 is 15.8 Å². The van der Waals surface area contributed by atoms with Gasteiger partial charge in [-0.2, -0.15) is 9.67 Å². The van der Waals surface area contributed by atoms with E-state index < -0.39 is 12.1 Å². The lowest BCUT2D eigenvalue weighted by atomic mass is 10.1. The Balaban J connectivity index is 1.56. The topological polar surface area (TPSA) is 95.1 Å². The molecule has 4 rings (SSSR count). The molecule has 3 N–H and O–H groups in total. The number of carbonyl (C=O) groups is 1. The number of nitrogen functional groups attached to an aromatic ring is 1. The molecule has 1 aromatic heterocycles. The number of anilines is 2. The van der Waals surface area contributed by atoms with Gasteiger partial charge in [-0.1, -0.05) is 35.3 Å². The minimum atomic E-state index is -0.507. The first-order chi connectivity index (χ1) is 13.0. The van der Waals surface area contributed by atoms with E-state index in [2.05, 4.69) is 15.4 Å². The zero-order valence-electron chi connectivity index (χ0n) is 13.8. The van der Waals surface area contributed by atoms with Crippen LogP contribution in [0.25, 0.3) is 5.69 Å². The maximum Gasteiger partial charge on any atom is 0.355 e. The van der Waals surface area contributed by atoms with Crippen molar-refractivity contribution in [2.45, 2.75) is 6.10 Å². The zero-order valence-corrected chi connectivity index (χ0v) is 15.3. The fourth-order valence-electron chi connectivity index (χ4n) is 2.61. The number of nitrogens with one attached hydrogen (secondary N) is 1. The summed E-state index contributed by atoms with van der Waals surface area (Å²) < 4.78 is 6.80. The van der Waals surface area contributed by atoms with Crippen LogP contribution in [0.1, 0.15) is 11.7 Å². The minimum absolute atomic E-state index is 0.168. The second-order valence-electron chi connectivity index (χ2n) is 5.76. The number of nitrogens with zero attached hydrogens (tertiary/aromatic N) is 3. The summed E-state index contributed by atoms with van der Waals surface area (Å²) in [5.74, 6) is -0.153. The average Bonchev–Trinajstić information content (AvgIpc) is 3.19. The van der Waals surface area contributed by atoms with Crippen LogP contribution in [-0.2, 0) is 9.53 Å². The number of cyclic esters (lactones) is 1. The summed E-state index contributed by atoms with van der Waals surface area (Å²) in [6.45, 7) is 0. The lowest BCUT2D eigenvalue weighted by Crippen LogP contribution is -2.10. The van der Waals surface area contributed by atoms with Crippen LogP contribution in [0.15, 0.2) is 60.3 Å². The summed E-state index contributed by atoms with van der Waals surface area (Å²) >= 11 is 11.8. The first-order valence-electron chi connectivity index (χ1n) is 7.93. The molecule has 2 heterocycles. The van der Waals surface area contributed by atoms with Crippen LogP contribution in [-0.4, -0.2) is 20.7 Å². The van der Waals surface area contributed by atoms with Gasteiger partial charge >= 0.3 is 5.97 Å². The van der Waals surface area contributed by atoms with Gasteiger partial charge in [0.1, 0.15) is 11.8 Å². The maximum absolute atomic E-state index is 12.1. The number of carbonyl (C=O) groups excluding carboxylic acids is 1. The summed E-state index contributed by atoms with van der Waals surface area (Å²) in [7, 11) is 0. The molecule has 1 unspecified atom stereocenters. The van der Waals surface area contributed by atoms with E-state index in [-0.39, 0.29) is 17.6 Å². The maximum atomic E-state index is 12.1. The normalized spacial score (nSPS) is 16.1. The van der Waals surface area contributed by atoms with Gasteiger partial charge in [-0.15, -0.1) is 5.10 Å². The standard InChI is InChI=1S/C18H13Cl2N5O2/c19-11-3-1-10(2-4-11)15-9-14(16(26)27-15)22-18-23-17(21)25(24-18)13-7-5-12(20)6-8-13/h1-9,15H,(H3,21,22,23,24). The third-order valence-corrected chi connectivity index (χ3v) is 4.42. The molecule has 0 radical (unpaired) electrons. The molecule has 7 nitrogen and oxygen atoms in total. The van der Waals surface area contributed by atoms with Crippen molar-refractivity contribution in [2.24, 2.45) is 0 Å². The summed E-state index contributed by atoms with van der Waals surface area (Å²) in [5.41, 5.74) is 7.66. The number of ether oxygens (including phenoxy) is 1. The van der Waals surface area contributed by atoms with Crippen LogP contribution in [0.4, 0.5) is 11.9 Å². The van der Waals surface area contributed by atoms with Crippen molar-refractivity contribution in [3.05, 3.63) is 75.9 Å². The predicted octanol–water partition coefficient (Wildman–Crippen LogP) is 3.75. The minimum Gasteiger partial charge on any atom is -0.448 e. The van der Waals surface area contributed by atoms with Crippen LogP contribution < -0.4 is 11.1 Å². The molecule has 3 aromatic rings. The van der Waals surface area contributed by atoms with Gasteiger partial charge in [-0.05, 0) is 48.0 Å². The van der Waals surface area contributed by atoms with E-state index in [0.717, 1.165) is 5.56 Å². The molecule has 0 saturated carbocycles. The summed E-state index contributed by atoms with van der Waals surface area (Å²) in [6.07, 6.45) is 1.15. The summed E-state index contributed by atoms with van der Waals surface area (Å²) in [4.78, 5) is 16.3. The monoisotopic (exact) mass is 401 g/mol. The molecule has 136 valence electrons. The zero-order chi connectivity index (χ0) is 19.0. The van der Waals surface area contributed by atoms with E-state index in [1.165, 1.54) is 4.68 Å². The van der Waals surface area contributed by atoms with Crippen molar-refractivity contribution < 1.29 is 9.53 Å². The highest BCUT2D eigenvalue weighted by Gasteiger charge is 2.28. The van der Waals surface area contributed by atoms with Crippen molar-refractivity contribution in [1.29, 1.82) is 0 Å². The molecule has 0 amide bonds. The number of aromatic nitrogens is 3. The number of halogens is 2. The Morgan fingerprint density at radius 2 is 1.67 bits per heavy atom. The summed E-state index contributed by atoms with van der Waals surface area (Å²) in [5, 5.41) is 8.34. The average molecular weight is 402 g/mol. The number of hydrogen-bond acceptors (Lipinski definition) is 6. The SMILES string of the molecule is Nc1nc(NC2=CC(c3ccc(Cl)cc3)OC2=O)nn1-c1ccc(Cl)cc1. The molecule has 1 aliphatic rings. The Labute approximate surface area is 164 Å². The van der Waals surface area contributed by atoms with Gasteiger partial charge in [0.05, 0.1) is 5.69 Å². The predicted molar refractivity (Wildman–Crippen MR) is 103 cm³/mol. The Morgan fingerprint density at radius 3 is 2.33 bits per heavy atom. The van der Waals surface area contributed by atoms with Crippen molar-refractivity contribution in [3.63, 3.8) is 0 Å². The highest BCUT2D eigenvalue weighted by molar-refractivity contribution is 6.30. The Morgan fingerprint density at radius 1 is 1.04 bits per heavy atom. The first-order valence-corrected chi connectivity index (χ1v) is 8.69. The van der Waals surface area contributed by atoms with E-state index in [1.807, 2.05) is 0 Å². The Kier molecular flexibility index (Phi) is 4.47. The highest BCUT2D eigenvalue weighted by Crippen LogP contribution is 2.29. The number of nitrogens with two attached hydrogens (primary N) is 1. The third kappa shape index (κ3) is 3.60. The first kappa shape index (κ1) is 17.4. The fourth-order valence-corrected chi connectivity index (χ4v) is 2.86. The van der Waals surface area contributed by atoms with Gasteiger partial charge in [-0.3, -0.25) is 0 Å². The van der Waals surface area contributed by atoms with Crippen LogP contribution in [0.2, 0.25) is 10.0 Å². The molecule has 0 spiro atoms. The molecule has 0 aliphatic carbocycles. The Bertz CT molecular complexity index is 1030. The fraction of sp³-hybridized carbons (Fsp3) is 0.0556. The molecular formula is C18H13Cl2N5O2. The molecular weight excluding hydrogens is 389 g/mol. The van der Waals surface area contributed by atoms with E-state index in [0.29, 0.717) is 15.7 Å². The molecule has 1 aliphatic heterocycles. The number of rotatable bonds is 4. The van der Waals surface area contributed by atoms with E-state index in [4.69, 9.17) is 33.7 Å². The van der Waals surface area contributed by atoms with Gasteiger partial charge in [0.25, 0.3) is 0 Å². The third-order valence-electron chi connectivity index (χ3n) is 3.92. The van der Waals surface area contributed by atoms with Gasteiger partial charge in [0, 0.05) is 10.0 Å². The molecule has 0 saturated heterocycles. The second kappa shape index (κ2) is 6.94. The van der Waals surface area contributed by atoms with Gasteiger partial charge in [-0.25, -0.2) is 4.79 Å². The van der Waals surface area contributed by atoms with Crippen LogP contribution >= 0.6 is 23.2 Å². The quantitative estimate of drug-likeness (QED) is 0.646. The number of hydrogen-bond donors (Lipinski definition) is 2. The van der Waals surface area contributed by atoms with Crippen LogP contribution in [0.3, 0.4) is 0 Å². The Hall–Kier alpha value is -3.03. The van der Waals surface area contributed by atoms with Crippen molar-refractivity contribution in [2.75, 3.05) is 11.1 Å². The molecule has 27 heavy (non-hydrogen) atoms. The largest absolute Gasteiger partial charge is 0.448 e. The van der Waals surface area contributed by atoms with Crippen LogP contribution in [0.5, 0.6) is 0 Å². The van der Waals surface area contributed by atoms with Crippen molar-refractivity contribution in [1.82, 2.24) is 14.8 Å². The molecule has 0 bridgehead atoms. The van der Waals surface area contributed by atoms with E-state index in [1.54, 1.807) is 54.6 Å². The highest BCUT2D eigenvalue weighted by atomic mass is 35.5. The lowest BCUT2D eigenvalue weighted by Gasteiger charge is -2.07. The lowest BCUT2D eigenvalue weighted by molar-refractivity contribution is -0.139.